The highest BCUT2D eigenvalue weighted by molar-refractivity contribution is 6.03. The highest BCUT2D eigenvalue weighted by Crippen LogP contribution is 2.22. The molecule has 0 saturated heterocycles. The van der Waals surface area contributed by atoms with Crippen LogP contribution in [-0.2, 0) is 16.1 Å². The molecule has 15 heavy (non-hydrogen) atoms. The number of ether oxygens (including phenoxy) is 1. The van der Waals surface area contributed by atoms with Crippen LogP contribution in [-0.4, -0.2) is 16.5 Å². The second kappa shape index (κ2) is 2.70. The highest BCUT2D eigenvalue weighted by Gasteiger charge is 2.26. The maximum atomic E-state index is 11.4. The first-order valence-electron chi connectivity index (χ1n) is 4.59. The molecular formula is C11H7NO3. The molecule has 0 unspecified atom stereocenters. The minimum absolute atomic E-state index is 0.106. The number of carbonyl (C=O) groups is 2. The SMILES string of the molecule is O=C1Cn2c(cc3ccccc32)C(=O)O1. The summed E-state index contributed by atoms with van der Waals surface area (Å²) >= 11 is 0. The van der Waals surface area contributed by atoms with Gasteiger partial charge in [0.25, 0.3) is 0 Å². The molecule has 0 amide bonds. The van der Waals surface area contributed by atoms with Crippen LogP contribution < -0.4 is 0 Å². The average molecular weight is 201 g/mol. The van der Waals surface area contributed by atoms with Crippen LogP contribution in [0.25, 0.3) is 10.9 Å². The number of esters is 2. The summed E-state index contributed by atoms with van der Waals surface area (Å²) in [6.07, 6.45) is 0. The summed E-state index contributed by atoms with van der Waals surface area (Å²) in [6.45, 7) is 0.106. The van der Waals surface area contributed by atoms with Crippen LogP contribution in [0.4, 0.5) is 0 Å². The number of nitrogens with zero attached hydrogens (tertiary/aromatic N) is 1. The zero-order valence-electron chi connectivity index (χ0n) is 7.77. The van der Waals surface area contributed by atoms with E-state index in [1.54, 1.807) is 10.6 Å². The van der Waals surface area contributed by atoms with Gasteiger partial charge in [-0.25, -0.2) is 9.59 Å². The van der Waals surface area contributed by atoms with Crippen LogP contribution in [0.5, 0.6) is 0 Å². The number of fused-ring (bicyclic) bond motifs is 3. The Morgan fingerprint density at radius 3 is 2.87 bits per heavy atom. The molecule has 1 aromatic heterocycles. The van der Waals surface area contributed by atoms with Crippen molar-refractivity contribution >= 4 is 22.8 Å². The lowest BCUT2D eigenvalue weighted by Gasteiger charge is -2.13. The summed E-state index contributed by atoms with van der Waals surface area (Å²) in [5.41, 5.74) is 1.33. The van der Waals surface area contributed by atoms with Crippen molar-refractivity contribution in [1.82, 2.24) is 4.57 Å². The summed E-state index contributed by atoms with van der Waals surface area (Å²) < 4.78 is 6.23. The molecule has 2 aromatic rings. The van der Waals surface area contributed by atoms with E-state index >= 15 is 0 Å². The van der Waals surface area contributed by atoms with Crippen molar-refractivity contribution < 1.29 is 14.3 Å². The lowest BCUT2D eigenvalue weighted by Crippen LogP contribution is -2.27. The van der Waals surface area contributed by atoms with Crippen molar-refractivity contribution in [2.75, 3.05) is 0 Å². The third kappa shape index (κ3) is 1.08. The largest absolute Gasteiger partial charge is 0.387 e. The topological polar surface area (TPSA) is 48.3 Å². The van der Waals surface area contributed by atoms with Crippen LogP contribution in [0.15, 0.2) is 30.3 Å². The Kier molecular flexibility index (Phi) is 1.48. The number of cyclic esters (lactones) is 2. The molecule has 1 aliphatic heterocycles. The van der Waals surface area contributed by atoms with Crippen molar-refractivity contribution in [3.05, 3.63) is 36.0 Å². The molecule has 2 heterocycles. The van der Waals surface area contributed by atoms with E-state index in [1.165, 1.54) is 0 Å². The molecule has 1 aromatic carbocycles. The fraction of sp³-hybridized carbons (Fsp3) is 0.0909. The van der Waals surface area contributed by atoms with E-state index in [2.05, 4.69) is 4.74 Å². The van der Waals surface area contributed by atoms with E-state index < -0.39 is 11.9 Å². The Hall–Kier alpha value is -2.10. The smallest absolute Gasteiger partial charge is 0.362 e. The van der Waals surface area contributed by atoms with Gasteiger partial charge in [-0.1, -0.05) is 18.2 Å². The van der Waals surface area contributed by atoms with E-state index in [9.17, 15) is 9.59 Å². The van der Waals surface area contributed by atoms with Gasteiger partial charge in [-0.2, -0.15) is 0 Å². The highest BCUT2D eigenvalue weighted by atomic mass is 16.6. The molecular weight excluding hydrogens is 194 g/mol. The summed E-state index contributed by atoms with van der Waals surface area (Å²) in [5, 5.41) is 0.944. The second-order valence-corrected chi connectivity index (χ2v) is 3.44. The van der Waals surface area contributed by atoms with E-state index in [4.69, 9.17) is 0 Å². The molecule has 0 bridgehead atoms. The molecule has 0 atom stereocenters. The third-order valence-corrected chi connectivity index (χ3v) is 2.51. The summed E-state index contributed by atoms with van der Waals surface area (Å²) in [5.74, 6) is -1.07. The Balaban J connectivity index is 2.36. The number of rotatable bonds is 0. The van der Waals surface area contributed by atoms with Gasteiger partial charge in [-0.3, -0.25) is 0 Å². The van der Waals surface area contributed by atoms with E-state index in [-0.39, 0.29) is 6.54 Å². The van der Waals surface area contributed by atoms with Crippen molar-refractivity contribution in [2.45, 2.75) is 6.54 Å². The number of carbonyl (C=O) groups excluding carboxylic acids is 2. The maximum absolute atomic E-state index is 11.4. The second-order valence-electron chi connectivity index (χ2n) is 3.44. The average Bonchev–Trinajstić information content (AvgIpc) is 2.57. The Morgan fingerprint density at radius 2 is 2.00 bits per heavy atom. The quantitative estimate of drug-likeness (QED) is 0.477. The number of para-hydroxylation sites is 1. The number of benzene rings is 1. The number of hydrogen-bond acceptors (Lipinski definition) is 3. The van der Waals surface area contributed by atoms with Crippen molar-refractivity contribution in [3.8, 4) is 0 Å². The predicted octanol–water partition coefficient (Wildman–Crippen LogP) is 1.34. The molecule has 1 aliphatic rings. The monoisotopic (exact) mass is 201 g/mol. The van der Waals surface area contributed by atoms with Gasteiger partial charge < -0.3 is 9.30 Å². The van der Waals surface area contributed by atoms with Crippen LogP contribution >= 0.6 is 0 Å². The van der Waals surface area contributed by atoms with Gasteiger partial charge in [0.05, 0.1) is 0 Å². The number of hydrogen-bond donors (Lipinski definition) is 0. The summed E-state index contributed by atoms with van der Waals surface area (Å²) in [6, 6.07) is 9.29. The van der Waals surface area contributed by atoms with Gasteiger partial charge in [0.2, 0.25) is 0 Å². The Bertz CT molecular complexity index is 583. The first-order valence-corrected chi connectivity index (χ1v) is 4.59. The molecule has 3 rings (SSSR count). The fourth-order valence-electron chi connectivity index (χ4n) is 1.87. The molecule has 4 heteroatoms. The minimum atomic E-state index is -0.567. The van der Waals surface area contributed by atoms with Gasteiger partial charge in [0.1, 0.15) is 12.2 Å². The zero-order chi connectivity index (χ0) is 10.4. The molecule has 0 N–H and O–H groups in total. The normalized spacial score (nSPS) is 15.2. The van der Waals surface area contributed by atoms with Crippen molar-refractivity contribution in [2.24, 2.45) is 0 Å². The summed E-state index contributed by atoms with van der Waals surface area (Å²) in [4.78, 5) is 22.5. The molecule has 0 aliphatic carbocycles. The zero-order valence-corrected chi connectivity index (χ0v) is 7.77. The first kappa shape index (κ1) is 8.23. The van der Waals surface area contributed by atoms with Crippen LogP contribution in [0, 0.1) is 0 Å². The van der Waals surface area contributed by atoms with E-state index in [1.807, 2.05) is 24.3 Å². The number of aromatic nitrogens is 1. The van der Waals surface area contributed by atoms with Crippen LogP contribution in [0.3, 0.4) is 0 Å². The Morgan fingerprint density at radius 1 is 1.20 bits per heavy atom. The van der Waals surface area contributed by atoms with Gasteiger partial charge in [-0.05, 0) is 12.1 Å². The van der Waals surface area contributed by atoms with E-state index in [0.717, 1.165) is 10.9 Å². The maximum Gasteiger partial charge on any atom is 0.362 e. The van der Waals surface area contributed by atoms with Crippen LogP contribution in [0.2, 0.25) is 0 Å². The molecule has 0 saturated carbocycles. The van der Waals surface area contributed by atoms with Gasteiger partial charge >= 0.3 is 11.9 Å². The van der Waals surface area contributed by atoms with Gasteiger partial charge in [0.15, 0.2) is 0 Å². The molecule has 4 nitrogen and oxygen atoms in total. The lowest BCUT2D eigenvalue weighted by molar-refractivity contribution is -0.139. The minimum Gasteiger partial charge on any atom is -0.387 e. The van der Waals surface area contributed by atoms with Gasteiger partial charge in [-0.15, -0.1) is 0 Å². The predicted molar refractivity (Wildman–Crippen MR) is 52.4 cm³/mol. The van der Waals surface area contributed by atoms with Crippen molar-refractivity contribution in [1.29, 1.82) is 0 Å². The fourth-order valence-corrected chi connectivity index (χ4v) is 1.87. The standard InChI is InChI=1S/C11H7NO3/c13-10-6-12-8-4-2-1-3-7(8)5-9(12)11(14)15-10/h1-5H,6H2. The summed E-state index contributed by atoms with van der Waals surface area (Å²) in [7, 11) is 0. The van der Waals surface area contributed by atoms with Crippen molar-refractivity contribution in [3.63, 3.8) is 0 Å². The third-order valence-electron chi connectivity index (χ3n) is 2.51. The molecule has 0 fully saturated rings. The Labute approximate surface area is 85.1 Å². The molecule has 0 spiro atoms. The van der Waals surface area contributed by atoms with Crippen LogP contribution in [0.1, 0.15) is 10.5 Å². The molecule has 74 valence electrons. The first-order chi connectivity index (χ1) is 7.25. The van der Waals surface area contributed by atoms with Gasteiger partial charge in [0, 0.05) is 10.9 Å². The molecule has 0 radical (unpaired) electrons. The lowest BCUT2D eigenvalue weighted by atomic mass is 10.2. The van der Waals surface area contributed by atoms with E-state index in [0.29, 0.717) is 5.69 Å².